The third-order valence-electron chi connectivity index (χ3n) is 2.88. The average Bonchev–Trinajstić information content (AvgIpc) is 2.93. The molecule has 0 fully saturated rings. The molecule has 2 rings (SSSR count). The van der Waals surface area contributed by atoms with Gasteiger partial charge in [0.1, 0.15) is 10.7 Å². The zero-order chi connectivity index (χ0) is 14.4. The topological polar surface area (TPSA) is 77.2 Å². The second-order valence-corrected chi connectivity index (χ2v) is 5.10. The summed E-state index contributed by atoms with van der Waals surface area (Å²) in [5.41, 5.74) is 8.99. The van der Waals surface area contributed by atoms with E-state index >= 15 is 0 Å². The van der Waals surface area contributed by atoms with E-state index in [0.717, 1.165) is 16.3 Å². The van der Waals surface area contributed by atoms with Gasteiger partial charge in [0.15, 0.2) is 0 Å². The van der Waals surface area contributed by atoms with Crippen LogP contribution >= 0.6 is 11.3 Å². The highest BCUT2D eigenvalue weighted by Crippen LogP contribution is 2.30. The molecule has 5 nitrogen and oxygen atoms in total. The predicted octanol–water partition coefficient (Wildman–Crippen LogP) is 2.11. The molecule has 0 bridgehead atoms. The number of aromatic nitrogens is 1. The largest absolute Gasteiger partial charge is 0.380 e. The standard InChI is InChI=1S/C14H17N3O2S/c1-19-11(8-15)7-12(18)17-14-13(16-9-20-14)10-5-3-2-4-6-10/h2-6,9,11H,7-8,15H2,1H3,(H,17,18). The van der Waals surface area contributed by atoms with Crippen molar-refractivity contribution in [3.05, 3.63) is 35.8 Å². The number of benzene rings is 1. The second-order valence-electron chi connectivity index (χ2n) is 4.24. The molecule has 1 unspecified atom stereocenters. The molecule has 106 valence electrons. The monoisotopic (exact) mass is 291 g/mol. The fourth-order valence-electron chi connectivity index (χ4n) is 1.78. The molecule has 3 N–H and O–H groups in total. The van der Waals surface area contributed by atoms with Gasteiger partial charge in [0.25, 0.3) is 0 Å². The number of carbonyl (C=O) groups excluding carboxylic acids is 1. The zero-order valence-electron chi connectivity index (χ0n) is 11.2. The summed E-state index contributed by atoms with van der Waals surface area (Å²) in [6.07, 6.45) is -0.0258. The lowest BCUT2D eigenvalue weighted by Gasteiger charge is -2.12. The fraction of sp³-hybridized carbons (Fsp3) is 0.286. The normalized spacial score (nSPS) is 12.1. The van der Waals surface area contributed by atoms with Crippen LogP contribution in [-0.2, 0) is 9.53 Å². The number of nitrogens with one attached hydrogen (secondary N) is 1. The highest BCUT2D eigenvalue weighted by molar-refractivity contribution is 7.14. The highest BCUT2D eigenvalue weighted by Gasteiger charge is 2.15. The van der Waals surface area contributed by atoms with Crippen LogP contribution in [0.25, 0.3) is 11.3 Å². The number of anilines is 1. The van der Waals surface area contributed by atoms with Gasteiger partial charge in [-0.3, -0.25) is 4.79 Å². The van der Waals surface area contributed by atoms with Crippen LogP contribution in [0.2, 0.25) is 0 Å². The molecule has 0 aliphatic carbocycles. The number of thiazole rings is 1. The Kier molecular flexibility index (Phi) is 5.23. The number of methoxy groups -OCH3 is 1. The molecule has 0 saturated carbocycles. The lowest BCUT2D eigenvalue weighted by Crippen LogP contribution is -2.28. The van der Waals surface area contributed by atoms with Crippen molar-refractivity contribution in [2.24, 2.45) is 5.73 Å². The molecule has 0 radical (unpaired) electrons. The highest BCUT2D eigenvalue weighted by atomic mass is 32.1. The first-order valence-corrected chi connectivity index (χ1v) is 7.14. The summed E-state index contributed by atoms with van der Waals surface area (Å²) in [5.74, 6) is -0.122. The van der Waals surface area contributed by atoms with Gasteiger partial charge in [-0.2, -0.15) is 0 Å². The summed E-state index contributed by atoms with van der Waals surface area (Å²) in [6, 6.07) is 9.75. The van der Waals surface area contributed by atoms with E-state index in [-0.39, 0.29) is 18.4 Å². The van der Waals surface area contributed by atoms with Gasteiger partial charge < -0.3 is 15.8 Å². The van der Waals surface area contributed by atoms with Gasteiger partial charge in [-0.05, 0) is 0 Å². The molecule has 0 spiro atoms. The van der Waals surface area contributed by atoms with Crippen molar-refractivity contribution in [1.29, 1.82) is 0 Å². The van der Waals surface area contributed by atoms with Crippen LogP contribution in [0.1, 0.15) is 6.42 Å². The zero-order valence-corrected chi connectivity index (χ0v) is 12.0. The van der Waals surface area contributed by atoms with E-state index in [1.165, 1.54) is 11.3 Å². The first-order chi connectivity index (χ1) is 9.74. The number of hydrogen-bond acceptors (Lipinski definition) is 5. The van der Waals surface area contributed by atoms with E-state index in [1.54, 1.807) is 12.6 Å². The van der Waals surface area contributed by atoms with E-state index in [1.807, 2.05) is 30.3 Å². The molecular weight excluding hydrogens is 274 g/mol. The summed E-state index contributed by atoms with van der Waals surface area (Å²) in [6.45, 7) is 0.318. The van der Waals surface area contributed by atoms with Crippen molar-refractivity contribution >= 4 is 22.2 Å². The number of carbonyl (C=O) groups is 1. The lowest BCUT2D eigenvalue weighted by molar-refractivity contribution is -0.118. The minimum Gasteiger partial charge on any atom is -0.380 e. The van der Waals surface area contributed by atoms with Crippen LogP contribution in [0.15, 0.2) is 35.8 Å². The summed E-state index contributed by atoms with van der Waals surface area (Å²) in [7, 11) is 1.55. The van der Waals surface area contributed by atoms with Crippen LogP contribution < -0.4 is 11.1 Å². The Labute approximate surface area is 121 Å². The Hall–Kier alpha value is -1.76. The number of nitrogens with two attached hydrogens (primary N) is 1. The average molecular weight is 291 g/mol. The smallest absolute Gasteiger partial charge is 0.227 e. The summed E-state index contributed by atoms with van der Waals surface area (Å²) < 4.78 is 5.11. The Bertz CT molecular complexity index is 553. The van der Waals surface area contributed by atoms with Crippen LogP contribution in [0, 0.1) is 0 Å². The summed E-state index contributed by atoms with van der Waals surface area (Å²) in [5, 5.41) is 3.61. The SMILES string of the molecule is COC(CN)CC(=O)Nc1scnc1-c1ccccc1. The predicted molar refractivity (Wildman–Crippen MR) is 80.6 cm³/mol. The number of nitrogens with zero attached hydrogens (tertiary/aromatic N) is 1. The number of ether oxygens (including phenoxy) is 1. The Balaban J connectivity index is 2.08. The van der Waals surface area contributed by atoms with Crippen molar-refractivity contribution in [2.45, 2.75) is 12.5 Å². The Morgan fingerprint density at radius 3 is 2.85 bits per heavy atom. The molecule has 1 heterocycles. The maximum Gasteiger partial charge on any atom is 0.227 e. The molecule has 1 aromatic heterocycles. The summed E-state index contributed by atoms with van der Waals surface area (Å²) in [4.78, 5) is 16.3. The van der Waals surface area contributed by atoms with Gasteiger partial charge >= 0.3 is 0 Å². The van der Waals surface area contributed by atoms with E-state index < -0.39 is 0 Å². The van der Waals surface area contributed by atoms with Crippen LogP contribution in [0.5, 0.6) is 0 Å². The molecular formula is C14H17N3O2S. The van der Waals surface area contributed by atoms with Gasteiger partial charge in [-0.1, -0.05) is 30.3 Å². The van der Waals surface area contributed by atoms with Gasteiger partial charge in [0.05, 0.1) is 18.0 Å². The molecule has 1 aromatic carbocycles. The molecule has 6 heteroatoms. The molecule has 0 aliphatic rings. The molecule has 1 atom stereocenters. The van der Waals surface area contributed by atoms with Gasteiger partial charge in [0.2, 0.25) is 5.91 Å². The van der Waals surface area contributed by atoms with Gasteiger partial charge in [0, 0.05) is 19.2 Å². The van der Waals surface area contributed by atoms with Gasteiger partial charge in [-0.25, -0.2) is 4.98 Å². The Morgan fingerprint density at radius 2 is 2.20 bits per heavy atom. The van der Waals surface area contributed by atoms with Crippen LogP contribution in [0.3, 0.4) is 0 Å². The maximum atomic E-state index is 12.0. The maximum absolute atomic E-state index is 12.0. The van der Waals surface area contributed by atoms with Crippen molar-refractivity contribution in [3.63, 3.8) is 0 Å². The quantitative estimate of drug-likeness (QED) is 0.854. The third kappa shape index (κ3) is 3.63. The van der Waals surface area contributed by atoms with Gasteiger partial charge in [-0.15, -0.1) is 11.3 Å². The van der Waals surface area contributed by atoms with Crippen LogP contribution in [-0.4, -0.2) is 30.6 Å². The minimum atomic E-state index is -0.261. The second kappa shape index (κ2) is 7.14. The fourth-order valence-corrected chi connectivity index (χ4v) is 2.50. The van der Waals surface area contributed by atoms with E-state index in [2.05, 4.69) is 10.3 Å². The molecule has 1 amide bonds. The first kappa shape index (κ1) is 14.6. The lowest BCUT2D eigenvalue weighted by atomic mass is 10.1. The van der Waals surface area contributed by atoms with E-state index in [9.17, 15) is 4.79 Å². The molecule has 0 aliphatic heterocycles. The van der Waals surface area contributed by atoms with E-state index in [4.69, 9.17) is 10.5 Å². The van der Waals surface area contributed by atoms with Crippen molar-refractivity contribution in [3.8, 4) is 11.3 Å². The number of amides is 1. The summed E-state index contributed by atoms with van der Waals surface area (Å²) >= 11 is 1.40. The molecule has 20 heavy (non-hydrogen) atoms. The molecule has 2 aromatic rings. The number of rotatable bonds is 6. The van der Waals surface area contributed by atoms with Crippen molar-refractivity contribution in [2.75, 3.05) is 19.0 Å². The van der Waals surface area contributed by atoms with E-state index in [0.29, 0.717) is 6.54 Å². The third-order valence-corrected chi connectivity index (χ3v) is 3.62. The number of hydrogen-bond donors (Lipinski definition) is 2. The minimum absolute atomic E-state index is 0.122. The first-order valence-electron chi connectivity index (χ1n) is 6.26. The van der Waals surface area contributed by atoms with Crippen molar-refractivity contribution in [1.82, 2.24) is 4.98 Å². The van der Waals surface area contributed by atoms with Crippen molar-refractivity contribution < 1.29 is 9.53 Å². The Morgan fingerprint density at radius 1 is 1.45 bits per heavy atom. The molecule has 0 saturated heterocycles. The van der Waals surface area contributed by atoms with Crippen LogP contribution in [0.4, 0.5) is 5.00 Å².